The molecule has 1 aliphatic rings. The molecule has 4 rings (SSSR count). The van der Waals surface area contributed by atoms with E-state index in [1.54, 1.807) is 29.9 Å². The summed E-state index contributed by atoms with van der Waals surface area (Å²) < 4.78 is 15.7. The minimum atomic E-state index is -0.503. The van der Waals surface area contributed by atoms with Crippen molar-refractivity contribution in [2.45, 2.75) is 26.3 Å². The van der Waals surface area contributed by atoms with Crippen LogP contribution >= 0.6 is 0 Å². The van der Waals surface area contributed by atoms with E-state index in [0.717, 1.165) is 31.9 Å². The lowest BCUT2D eigenvalue weighted by atomic mass is 10.3. The molecule has 0 spiro atoms. The summed E-state index contributed by atoms with van der Waals surface area (Å²) in [5, 5.41) is 6.09. The van der Waals surface area contributed by atoms with Gasteiger partial charge in [-0.05, 0) is 19.9 Å². The van der Waals surface area contributed by atoms with Crippen LogP contribution in [0.25, 0.3) is 5.65 Å². The van der Waals surface area contributed by atoms with E-state index in [2.05, 4.69) is 37.4 Å². The second-order valence-corrected chi connectivity index (χ2v) is 6.89. The summed E-state index contributed by atoms with van der Waals surface area (Å²) in [5.41, 5.74) is 1.42. The number of carbonyl (C=O) groups is 1. The van der Waals surface area contributed by atoms with Gasteiger partial charge in [-0.15, -0.1) is 0 Å². The Labute approximate surface area is 161 Å². The van der Waals surface area contributed by atoms with Crippen LogP contribution in [0.3, 0.4) is 0 Å². The van der Waals surface area contributed by atoms with Gasteiger partial charge in [-0.3, -0.25) is 4.79 Å². The van der Waals surface area contributed by atoms with Crippen LogP contribution < -0.4 is 15.5 Å². The largest absolute Gasteiger partial charge is 0.354 e. The van der Waals surface area contributed by atoms with E-state index in [4.69, 9.17) is 0 Å². The summed E-state index contributed by atoms with van der Waals surface area (Å²) in [7, 11) is 0. The van der Waals surface area contributed by atoms with E-state index in [-0.39, 0.29) is 11.3 Å². The lowest BCUT2D eigenvalue weighted by Gasteiger charge is -2.17. The third-order valence-corrected chi connectivity index (χ3v) is 4.76. The molecule has 3 aromatic heterocycles. The summed E-state index contributed by atoms with van der Waals surface area (Å²) >= 11 is 0. The molecule has 28 heavy (non-hydrogen) atoms. The van der Waals surface area contributed by atoms with Gasteiger partial charge in [0.15, 0.2) is 11.5 Å². The number of nitrogens with one attached hydrogen (secondary N) is 2. The first-order valence-corrected chi connectivity index (χ1v) is 9.30. The van der Waals surface area contributed by atoms with Crippen LogP contribution in [-0.4, -0.2) is 50.9 Å². The predicted octanol–water partition coefficient (Wildman–Crippen LogP) is 2.01. The number of carbonyl (C=O) groups excluding carboxylic acids is 1. The summed E-state index contributed by atoms with van der Waals surface area (Å²) in [5.74, 6) is -0.198. The van der Waals surface area contributed by atoms with E-state index in [9.17, 15) is 9.18 Å². The number of anilines is 2. The van der Waals surface area contributed by atoms with Gasteiger partial charge in [0.1, 0.15) is 11.5 Å². The van der Waals surface area contributed by atoms with E-state index in [0.29, 0.717) is 17.4 Å². The van der Waals surface area contributed by atoms with Crippen molar-refractivity contribution in [1.29, 1.82) is 0 Å². The second kappa shape index (κ2) is 7.51. The molecule has 0 bridgehead atoms. The van der Waals surface area contributed by atoms with Crippen LogP contribution in [0.1, 0.15) is 29.5 Å². The normalized spacial score (nSPS) is 16.7. The molecule has 1 amide bonds. The molecular formula is C19H22FN7O. The number of halogens is 1. The fourth-order valence-corrected chi connectivity index (χ4v) is 3.47. The van der Waals surface area contributed by atoms with Crippen molar-refractivity contribution in [3.63, 3.8) is 0 Å². The molecule has 146 valence electrons. The average Bonchev–Trinajstić information content (AvgIpc) is 3.28. The average molecular weight is 383 g/mol. The van der Waals surface area contributed by atoms with Crippen LogP contribution in [0.5, 0.6) is 0 Å². The number of pyridine rings is 1. The third kappa shape index (κ3) is 3.65. The summed E-state index contributed by atoms with van der Waals surface area (Å²) in [6, 6.07) is 1.69. The molecule has 2 N–H and O–H groups in total. The molecule has 0 unspecified atom stereocenters. The topological polar surface area (TPSA) is 87.5 Å². The molecule has 1 aliphatic heterocycles. The Bertz CT molecular complexity index is 1000. The number of imidazole rings is 1. The molecule has 0 aromatic carbocycles. The Morgan fingerprint density at radius 1 is 1.32 bits per heavy atom. The van der Waals surface area contributed by atoms with Gasteiger partial charge >= 0.3 is 0 Å². The highest BCUT2D eigenvalue weighted by Gasteiger charge is 2.23. The van der Waals surface area contributed by atoms with E-state index < -0.39 is 11.7 Å². The molecule has 1 atom stereocenters. The van der Waals surface area contributed by atoms with E-state index in [1.165, 1.54) is 12.3 Å². The van der Waals surface area contributed by atoms with Gasteiger partial charge in [0.2, 0.25) is 0 Å². The fraction of sp³-hybridized carbons (Fsp3) is 0.368. The quantitative estimate of drug-likeness (QED) is 0.701. The number of amides is 1. The van der Waals surface area contributed by atoms with Crippen molar-refractivity contribution < 1.29 is 9.18 Å². The first-order chi connectivity index (χ1) is 13.5. The standard InChI is InChI=1S/C19H22FN7O/c1-3-21-13-4-5-26(10-13)17-8-22-16(7-23-17)19(28)25-14-6-15(20)18-24-12(2)9-27(18)11-14/h6-9,11,13,21H,3-5,10H2,1-2H3,(H,25,28)/t13-/m0/s1. The lowest BCUT2D eigenvalue weighted by molar-refractivity contribution is 0.102. The zero-order valence-corrected chi connectivity index (χ0v) is 15.8. The van der Waals surface area contributed by atoms with Crippen molar-refractivity contribution in [3.05, 3.63) is 48.1 Å². The van der Waals surface area contributed by atoms with Gasteiger partial charge in [-0.2, -0.15) is 0 Å². The van der Waals surface area contributed by atoms with Crippen LogP contribution in [0.15, 0.2) is 30.9 Å². The summed E-state index contributed by atoms with van der Waals surface area (Å²) in [6.07, 6.45) is 7.41. The SMILES string of the molecule is CCN[C@H]1CCN(c2cnc(C(=O)Nc3cc(F)c4nc(C)cn4c3)cn2)C1. The van der Waals surface area contributed by atoms with Crippen molar-refractivity contribution in [3.8, 4) is 0 Å². The highest BCUT2D eigenvalue weighted by Crippen LogP contribution is 2.19. The van der Waals surface area contributed by atoms with Gasteiger partial charge in [-0.25, -0.2) is 19.3 Å². The number of hydrogen-bond acceptors (Lipinski definition) is 6. The minimum absolute atomic E-state index is 0.175. The molecule has 0 aliphatic carbocycles. The number of nitrogens with zero attached hydrogens (tertiary/aromatic N) is 5. The number of rotatable bonds is 5. The fourth-order valence-electron chi connectivity index (χ4n) is 3.47. The molecule has 0 radical (unpaired) electrons. The van der Waals surface area contributed by atoms with Crippen molar-refractivity contribution in [2.24, 2.45) is 0 Å². The van der Waals surface area contributed by atoms with Gasteiger partial charge < -0.3 is 19.9 Å². The second-order valence-electron chi connectivity index (χ2n) is 6.89. The van der Waals surface area contributed by atoms with E-state index >= 15 is 0 Å². The first-order valence-electron chi connectivity index (χ1n) is 9.30. The molecule has 1 fully saturated rings. The Balaban J connectivity index is 1.45. The highest BCUT2D eigenvalue weighted by atomic mass is 19.1. The highest BCUT2D eigenvalue weighted by molar-refractivity contribution is 6.02. The maximum atomic E-state index is 14.2. The van der Waals surface area contributed by atoms with E-state index in [1.807, 2.05) is 0 Å². The van der Waals surface area contributed by atoms with Gasteiger partial charge in [-0.1, -0.05) is 6.92 Å². The number of aryl methyl sites for hydroxylation is 1. The minimum Gasteiger partial charge on any atom is -0.354 e. The zero-order chi connectivity index (χ0) is 19.7. The number of fused-ring (bicyclic) bond motifs is 1. The Kier molecular flexibility index (Phi) is 4.91. The van der Waals surface area contributed by atoms with Crippen molar-refractivity contribution >= 4 is 23.1 Å². The summed E-state index contributed by atoms with van der Waals surface area (Å²) in [4.78, 5) is 27.3. The molecule has 8 nitrogen and oxygen atoms in total. The molecule has 4 heterocycles. The lowest BCUT2D eigenvalue weighted by Crippen LogP contribution is -2.32. The molecular weight excluding hydrogens is 361 g/mol. The molecule has 1 saturated heterocycles. The Morgan fingerprint density at radius 2 is 2.18 bits per heavy atom. The maximum Gasteiger partial charge on any atom is 0.275 e. The van der Waals surface area contributed by atoms with Crippen LogP contribution in [0, 0.1) is 12.7 Å². The predicted molar refractivity (Wildman–Crippen MR) is 104 cm³/mol. The van der Waals surface area contributed by atoms with Gasteiger partial charge in [0, 0.05) is 37.6 Å². The first kappa shape index (κ1) is 18.3. The molecule has 3 aromatic rings. The van der Waals surface area contributed by atoms with Crippen molar-refractivity contribution in [1.82, 2.24) is 24.7 Å². The summed E-state index contributed by atoms with van der Waals surface area (Å²) in [6.45, 7) is 6.59. The van der Waals surface area contributed by atoms with Gasteiger partial charge in [0.05, 0.1) is 23.8 Å². The molecule has 0 saturated carbocycles. The number of aromatic nitrogens is 4. The maximum absolute atomic E-state index is 14.2. The van der Waals surface area contributed by atoms with Crippen LogP contribution in [0.2, 0.25) is 0 Å². The Morgan fingerprint density at radius 3 is 2.93 bits per heavy atom. The van der Waals surface area contributed by atoms with Crippen molar-refractivity contribution in [2.75, 3.05) is 29.9 Å². The molecule has 9 heteroatoms. The smallest absolute Gasteiger partial charge is 0.275 e. The number of hydrogen-bond donors (Lipinski definition) is 2. The monoisotopic (exact) mass is 383 g/mol. The third-order valence-electron chi connectivity index (χ3n) is 4.76. The zero-order valence-electron chi connectivity index (χ0n) is 15.8. The van der Waals surface area contributed by atoms with Crippen LogP contribution in [0.4, 0.5) is 15.9 Å². The number of likely N-dealkylation sites (N-methyl/N-ethyl adjacent to an activating group) is 1. The Hall–Kier alpha value is -3.07. The van der Waals surface area contributed by atoms with Gasteiger partial charge in [0.25, 0.3) is 5.91 Å². The van der Waals surface area contributed by atoms with Crippen LogP contribution in [-0.2, 0) is 0 Å².